The number of ether oxygens (including phenoxy) is 3. The first-order valence-corrected chi connectivity index (χ1v) is 5.35. The molecule has 0 radical (unpaired) electrons. The molecule has 0 saturated heterocycles. The Kier molecular flexibility index (Phi) is 7.56. The minimum absolute atomic E-state index is 0. The van der Waals surface area contributed by atoms with Crippen molar-refractivity contribution in [3.8, 4) is 17.2 Å². The predicted octanol–water partition coefficient (Wildman–Crippen LogP) is -2.08. The quantitative estimate of drug-likeness (QED) is 0.490. The molecule has 0 aliphatic rings. The number of anilines is 1. The van der Waals surface area contributed by atoms with E-state index in [9.17, 15) is 8.76 Å². The summed E-state index contributed by atoms with van der Waals surface area (Å²) in [6.07, 6.45) is 0. The molecule has 0 aliphatic carbocycles. The second-order valence-corrected chi connectivity index (χ2v) is 3.42. The van der Waals surface area contributed by atoms with Gasteiger partial charge in [-0.1, -0.05) is 0 Å². The molecule has 0 bridgehead atoms. The van der Waals surface area contributed by atoms with Crippen LogP contribution in [0.3, 0.4) is 0 Å². The van der Waals surface area contributed by atoms with E-state index in [1.165, 1.54) is 33.5 Å². The van der Waals surface area contributed by atoms with Gasteiger partial charge in [-0.05, 0) is 0 Å². The molecule has 1 atom stereocenters. The Bertz CT molecular complexity index is 376. The van der Waals surface area contributed by atoms with Crippen molar-refractivity contribution in [2.45, 2.75) is 0 Å². The van der Waals surface area contributed by atoms with E-state index in [-0.39, 0.29) is 29.6 Å². The van der Waals surface area contributed by atoms with Gasteiger partial charge in [-0.2, -0.15) is 0 Å². The van der Waals surface area contributed by atoms with Crippen LogP contribution in [0.4, 0.5) is 5.69 Å². The number of methoxy groups -OCH3 is 3. The molecular formula is C9H12NNaO5S. The molecule has 0 saturated carbocycles. The van der Waals surface area contributed by atoms with Gasteiger partial charge in [-0.15, -0.1) is 0 Å². The van der Waals surface area contributed by atoms with Gasteiger partial charge >= 0.3 is 29.6 Å². The zero-order chi connectivity index (χ0) is 12.1. The molecule has 1 aromatic rings. The van der Waals surface area contributed by atoms with Gasteiger partial charge in [0, 0.05) is 23.4 Å². The molecule has 1 aromatic carbocycles. The molecule has 0 aromatic heterocycles. The van der Waals surface area contributed by atoms with Crippen LogP contribution in [0.5, 0.6) is 17.2 Å². The van der Waals surface area contributed by atoms with E-state index in [4.69, 9.17) is 14.2 Å². The van der Waals surface area contributed by atoms with Crippen LogP contribution in [0.15, 0.2) is 12.1 Å². The van der Waals surface area contributed by atoms with Gasteiger partial charge in [0.2, 0.25) is 5.75 Å². The molecular weight excluding hydrogens is 257 g/mol. The van der Waals surface area contributed by atoms with Crippen molar-refractivity contribution in [3.63, 3.8) is 0 Å². The van der Waals surface area contributed by atoms with E-state index in [0.29, 0.717) is 22.9 Å². The average Bonchev–Trinajstić information content (AvgIpc) is 2.26. The Morgan fingerprint density at radius 2 is 1.59 bits per heavy atom. The van der Waals surface area contributed by atoms with E-state index in [1.807, 2.05) is 0 Å². The molecule has 1 N–H and O–H groups in total. The van der Waals surface area contributed by atoms with Crippen molar-refractivity contribution < 1.29 is 52.5 Å². The third kappa shape index (κ3) is 4.36. The van der Waals surface area contributed by atoms with Crippen LogP contribution in [0.2, 0.25) is 0 Å². The van der Waals surface area contributed by atoms with Crippen LogP contribution < -0.4 is 48.5 Å². The summed E-state index contributed by atoms with van der Waals surface area (Å²) in [7, 11) is 4.38. The minimum Gasteiger partial charge on any atom is -0.755 e. The predicted molar refractivity (Wildman–Crippen MR) is 58.6 cm³/mol. The summed E-state index contributed by atoms with van der Waals surface area (Å²) in [6, 6.07) is 2.99. The number of hydrogen-bond donors (Lipinski definition) is 1. The first-order valence-electron chi connectivity index (χ1n) is 4.28. The number of hydrogen-bond acceptors (Lipinski definition) is 5. The Balaban J connectivity index is 0.00000256. The van der Waals surface area contributed by atoms with Crippen LogP contribution in [-0.4, -0.2) is 30.1 Å². The molecule has 1 rings (SSSR count). The number of benzene rings is 1. The summed E-state index contributed by atoms with van der Waals surface area (Å²) in [5, 5.41) is 0. The maximum absolute atomic E-state index is 10.5. The van der Waals surface area contributed by atoms with Crippen LogP contribution in [0.1, 0.15) is 0 Å². The third-order valence-electron chi connectivity index (χ3n) is 1.87. The van der Waals surface area contributed by atoms with Crippen LogP contribution >= 0.6 is 0 Å². The van der Waals surface area contributed by atoms with E-state index < -0.39 is 11.3 Å². The molecule has 0 fully saturated rings. The standard InChI is InChI=1S/C9H13NO5S.Na/c1-13-7-4-6(10-16(11)12)5-8(14-2)9(7)15-3;/h4-5,10H,1-3H3,(H,11,12);/q;+1/p-1. The van der Waals surface area contributed by atoms with Crippen molar-refractivity contribution in [2.24, 2.45) is 0 Å². The van der Waals surface area contributed by atoms with Gasteiger partial charge in [0.15, 0.2) is 11.5 Å². The zero-order valence-electron chi connectivity index (χ0n) is 10.1. The van der Waals surface area contributed by atoms with Crippen molar-refractivity contribution in [3.05, 3.63) is 12.1 Å². The maximum Gasteiger partial charge on any atom is 1.00 e. The Morgan fingerprint density at radius 1 is 1.12 bits per heavy atom. The van der Waals surface area contributed by atoms with Crippen LogP contribution in [0, 0.1) is 0 Å². The smallest absolute Gasteiger partial charge is 0.755 e. The molecule has 8 heteroatoms. The summed E-state index contributed by atoms with van der Waals surface area (Å²) in [5.74, 6) is 1.18. The van der Waals surface area contributed by atoms with Gasteiger partial charge in [0.25, 0.3) is 0 Å². The monoisotopic (exact) mass is 269 g/mol. The molecule has 1 unspecified atom stereocenters. The van der Waals surface area contributed by atoms with E-state index >= 15 is 0 Å². The minimum atomic E-state index is -2.40. The van der Waals surface area contributed by atoms with Crippen molar-refractivity contribution >= 4 is 17.0 Å². The second kappa shape index (κ2) is 7.78. The fourth-order valence-electron chi connectivity index (χ4n) is 1.24. The van der Waals surface area contributed by atoms with Crippen molar-refractivity contribution in [1.82, 2.24) is 0 Å². The van der Waals surface area contributed by atoms with E-state index in [1.54, 1.807) is 0 Å². The van der Waals surface area contributed by atoms with Crippen molar-refractivity contribution in [1.29, 1.82) is 0 Å². The molecule has 90 valence electrons. The maximum atomic E-state index is 10.5. The number of rotatable bonds is 5. The normalized spacial score (nSPS) is 11.1. The first-order chi connectivity index (χ1) is 7.62. The van der Waals surface area contributed by atoms with E-state index in [0.717, 1.165) is 0 Å². The number of nitrogens with one attached hydrogen (secondary N) is 1. The van der Waals surface area contributed by atoms with Gasteiger partial charge in [0.1, 0.15) is 0 Å². The summed E-state index contributed by atoms with van der Waals surface area (Å²) in [4.78, 5) is 0. The van der Waals surface area contributed by atoms with E-state index in [2.05, 4.69) is 4.72 Å². The fourth-order valence-corrected chi connectivity index (χ4v) is 1.55. The summed E-state index contributed by atoms with van der Waals surface area (Å²) in [5.41, 5.74) is 0.336. The van der Waals surface area contributed by atoms with Crippen molar-refractivity contribution in [2.75, 3.05) is 26.1 Å². The summed E-state index contributed by atoms with van der Waals surface area (Å²) in [6.45, 7) is 0. The molecule has 17 heavy (non-hydrogen) atoms. The Hall–Kier alpha value is -0.470. The molecule has 6 nitrogen and oxygen atoms in total. The zero-order valence-corrected chi connectivity index (χ0v) is 12.9. The SMILES string of the molecule is COc1cc(NS(=O)[O-])cc(OC)c1OC.[Na+]. The average molecular weight is 269 g/mol. The van der Waals surface area contributed by atoms with Gasteiger partial charge in [-0.3, -0.25) is 4.21 Å². The van der Waals surface area contributed by atoms with Crippen LogP contribution in [-0.2, 0) is 11.3 Å². The molecule has 0 spiro atoms. The summed E-state index contributed by atoms with van der Waals surface area (Å²) >= 11 is -2.40. The van der Waals surface area contributed by atoms with Gasteiger partial charge in [0.05, 0.1) is 27.0 Å². The Morgan fingerprint density at radius 3 is 1.88 bits per heavy atom. The largest absolute Gasteiger partial charge is 1.00 e. The molecule has 0 aliphatic heterocycles. The Labute approximate surface area is 124 Å². The first kappa shape index (κ1) is 16.5. The van der Waals surface area contributed by atoms with Crippen LogP contribution in [0.25, 0.3) is 0 Å². The molecule has 0 amide bonds. The third-order valence-corrected chi connectivity index (χ3v) is 2.27. The molecule has 0 heterocycles. The fraction of sp³-hybridized carbons (Fsp3) is 0.333. The van der Waals surface area contributed by atoms with Gasteiger partial charge in [-0.25, -0.2) is 0 Å². The topological polar surface area (TPSA) is 79.9 Å². The van der Waals surface area contributed by atoms with Gasteiger partial charge < -0.3 is 23.5 Å². The summed E-state index contributed by atoms with van der Waals surface area (Å²) < 4.78 is 38.4. The second-order valence-electron chi connectivity index (χ2n) is 2.75.